The number of rotatable bonds is 5. The highest BCUT2D eigenvalue weighted by Crippen LogP contribution is 2.31. The highest BCUT2D eigenvalue weighted by atomic mass is 127. The summed E-state index contributed by atoms with van der Waals surface area (Å²) in [5.41, 5.74) is 1.25. The summed E-state index contributed by atoms with van der Waals surface area (Å²) in [5.74, 6) is 1.63. The molecule has 1 aliphatic carbocycles. The van der Waals surface area contributed by atoms with Crippen molar-refractivity contribution in [3.63, 3.8) is 0 Å². The second-order valence-electron chi connectivity index (χ2n) is 6.79. The van der Waals surface area contributed by atoms with Gasteiger partial charge in [-0.15, -0.1) is 24.0 Å². The first-order valence-electron chi connectivity index (χ1n) is 8.55. The Morgan fingerprint density at radius 3 is 2.74 bits per heavy atom. The van der Waals surface area contributed by atoms with Crippen molar-refractivity contribution < 1.29 is 0 Å². The summed E-state index contributed by atoms with van der Waals surface area (Å²) in [6.07, 6.45) is 6.97. The van der Waals surface area contributed by atoms with E-state index in [1.165, 1.54) is 24.9 Å². The summed E-state index contributed by atoms with van der Waals surface area (Å²) in [6, 6.07) is 3.49. The molecule has 2 aliphatic rings. The van der Waals surface area contributed by atoms with Crippen LogP contribution in [-0.4, -0.2) is 47.1 Å². The van der Waals surface area contributed by atoms with E-state index in [-0.39, 0.29) is 24.0 Å². The molecule has 23 heavy (non-hydrogen) atoms. The molecule has 0 bridgehead atoms. The van der Waals surface area contributed by atoms with Crippen molar-refractivity contribution in [2.24, 2.45) is 18.0 Å². The molecule has 2 fully saturated rings. The van der Waals surface area contributed by atoms with Gasteiger partial charge in [-0.2, -0.15) is 0 Å². The molecule has 2 N–H and O–H groups in total. The lowest BCUT2D eigenvalue weighted by atomic mass is 10.1. The van der Waals surface area contributed by atoms with Crippen LogP contribution in [0, 0.1) is 5.92 Å². The molecule has 2 atom stereocenters. The second-order valence-corrected chi connectivity index (χ2v) is 6.79. The molecule has 1 saturated carbocycles. The number of nitrogens with zero attached hydrogens (tertiary/aromatic N) is 3. The SMILES string of the molecule is CCNC(=NCc1ccn(C)c1)NC1CN(C2CC2)CC1C.I. The molecule has 0 spiro atoms. The fourth-order valence-corrected chi connectivity index (χ4v) is 3.25. The Bertz CT molecular complexity index is 523. The first kappa shape index (κ1) is 18.6. The molecule has 3 rings (SSSR count). The van der Waals surface area contributed by atoms with Gasteiger partial charge < -0.3 is 15.2 Å². The largest absolute Gasteiger partial charge is 0.357 e. The van der Waals surface area contributed by atoms with Crippen LogP contribution in [0.4, 0.5) is 0 Å². The second kappa shape index (κ2) is 8.37. The van der Waals surface area contributed by atoms with Crippen LogP contribution < -0.4 is 10.6 Å². The third kappa shape index (κ3) is 5.11. The van der Waals surface area contributed by atoms with E-state index in [0.717, 1.165) is 31.6 Å². The van der Waals surface area contributed by atoms with Crippen LogP contribution in [0.5, 0.6) is 0 Å². The van der Waals surface area contributed by atoms with Crippen LogP contribution in [0.2, 0.25) is 0 Å². The van der Waals surface area contributed by atoms with Crippen molar-refractivity contribution in [1.29, 1.82) is 0 Å². The molecular formula is C17H30IN5. The van der Waals surface area contributed by atoms with E-state index in [0.29, 0.717) is 12.0 Å². The quantitative estimate of drug-likeness (QED) is 0.427. The van der Waals surface area contributed by atoms with Gasteiger partial charge in [0.2, 0.25) is 0 Å². The average Bonchev–Trinajstić information content (AvgIpc) is 3.16. The van der Waals surface area contributed by atoms with Gasteiger partial charge in [0.1, 0.15) is 0 Å². The van der Waals surface area contributed by atoms with Crippen LogP contribution in [-0.2, 0) is 13.6 Å². The monoisotopic (exact) mass is 431 g/mol. The summed E-state index contributed by atoms with van der Waals surface area (Å²) >= 11 is 0. The standard InChI is InChI=1S/C17H29N5.HI/c1-4-18-17(19-9-14-7-8-21(3)11-14)20-16-12-22(10-13(16)2)15-5-6-15;/h7-8,11,13,15-16H,4-6,9-10,12H2,1-3H3,(H2,18,19,20);1H. The Kier molecular flexibility index (Phi) is 6.76. The first-order chi connectivity index (χ1) is 10.7. The smallest absolute Gasteiger partial charge is 0.191 e. The molecule has 0 amide bonds. The molecule has 6 heteroatoms. The average molecular weight is 431 g/mol. The molecule has 1 saturated heterocycles. The van der Waals surface area contributed by atoms with Crippen LogP contribution >= 0.6 is 24.0 Å². The molecule has 0 radical (unpaired) electrons. The zero-order chi connectivity index (χ0) is 15.5. The third-order valence-electron chi connectivity index (χ3n) is 4.68. The van der Waals surface area contributed by atoms with E-state index in [2.05, 4.69) is 52.4 Å². The van der Waals surface area contributed by atoms with Gasteiger partial charge in [0.25, 0.3) is 0 Å². The van der Waals surface area contributed by atoms with E-state index in [1.54, 1.807) is 0 Å². The number of likely N-dealkylation sites (tertiary alicyclic amines) is 1. The van der Waals surface area contributed by atoms with Gasteiger partial charge >= 0.3 is 0 Å². The topological polar surface area (TPSA) is 44.6 Å². The number of aryl methyl sites for hydroxylation is 1. The Morgan fingerprint density at radius 1 is 1.35 bits per heavy atom. The minimum Gasteiger partial charge on any atom is -0.357 e. The Hall–Kier alpha value is -0.760. The maximum atomic E-state index is 4.74. The van der Waals surface area contributed by atoms with Crippen LogP contribution in [0.1, 0.15) is 32.3 Å². The fraction of sp³-hybridized carbons (Fsp3) is 0.706. The number of hydrogen-bond donors (Lipinski definition) is 2. The van der Waals surface area contributed by atoms with Gasteiger partial charge in [0.15, 0.2) is 5.96 Å². The minimum absolute atomic E-state index is 0. The summed E-state index contributed by atoms with van der Waals surface area (Å²) in [7, 11) is 2.04. The first-order valence-corrected chi connectivity index (χ1v) is 8.55. The highest BCUT2D eigenvalue weighted by Gasteiger charge is 2.38. The van der Waals surface area contributed by atoms with Crippen molar-refractivity contribution in [3.05, 3.63) is 24.0 Å². The Labute approximate surface area is 156 Å². The molecule has 2 heterocycles. The van der Waals surface area contributed by atoms with Gasteiger partial charge in [0, 0.05) is 51.2 Å². The predicted octanol–water partition coefficient (Wildman–Crippen LogP) is 2.18. The normalized spacial score (nSPS) is 25.3. The van der Waals surface area contributed by atoms with Crippen LogP contribution in [0.3, 0.4) is 0 Å². The van der Waals surface area contributed by atoms with E-state index in [9.17, 15) is 0 Å². The molecule has 130 valence electrons. The van der Waals surface area contributed by atoms with Gasteiger partial charge in [-0.3, -0.25) is 4.90 Å². The predicted molar refractivity (Wildman–Crippen MR) is 106 cm³/mol. The Morgan fingerprint density at radius 2 is 2.13 bits per heavy atom. The zero-order valence-electron chi connectivity index (χ0n) is 14.5. The van der Waals surface area contributed by atoms with E-state index in [1.807, 2.05) is 7.05 Å². The molecule has 5 nitrogen and oxygen atoms in total. The molecule has 1 aliphatic heterocycles. The van der Waals surface area contributed by atoms with Crippen molar-refractivity contribution >= 4 is 29.9 Å². The van der Waals surface area contributed by atoms with Crippen molar-refractivity contribution in [3.8, 4) is 0 Å². The molecular weight excluding hydrogens is 401 g/mol. The van der Waals surface area contributed by atoms with Crippen LogP contribution in [0.15, 0.2) is 23.5 Å². The summed E-state index contributed by atoms with van der Waals surface area (Å²) in [6.45, 7) is 8.47. The number of halogens is 1. The highest BCUT2D eigenvalue weighted by molar-refractivity contribution is 14.0. The van der Waals surface area contributed by atoms with Crippen molar-refractivity contribution in [1.82, 2.24) is 20.1 Å². The number of guanidine groups is 1. The van der Waals surface area contributed by atoms with Gasteiger partial charge in [-0.25, -0.2) is 4.99 Å². The van der Waals surface area contributed by atoms with E-state index in [4.69, 9.17) is 4.99 Å². The van der Waals surface area contributed by atoms with Gasteiger partial charge in [-0.05, 0) is 37.3 Å². The van der Waals surface area contributed by atoms with E-state index < -0.39 is 0 Å². The molecule has 1 aromatic rings. The summed E-state index contributed by atoms with van der Waals surface area (Å²) in [4.78, 5) is 7.39. The maximum Gasteiger partial charge on any atom is 0.191 e. The lowest BCUT2D eigenvalue weighted by Crippen LogP contribution is -2.46. The number of hydrogen-bond acceptors (Lipinski definition) is 2. The lowest BCUT2D eigenvalue weighted by Gasteiger charge is -2.20. The zero-order valence-corrected chi connectivity index (χ0v) is 16.8. The number of aromatic nitrogens is 1. The minimum atomic E-state index is 0. The number of nitrogens with one attached hydrogen (secondary N) is 2. The summed E-state index contributed by atoms with van der Waals surface area (Å²) in [5, 5.41) is 7.03. The maximum absolute atomic E-state index is 4.74. The van der Waals surface area contributed by atoms with Gasteiger partial charge in [-0.1, -0.05) is 6.92 Å². The molecule has 0 aromatic carbocycles. The van der Waals surface area contributed by atoms with Crippen molar-refractivity contribution in [2.75, 3.05) is 19.6 Å². The number of aliphatic imine (C=N–C) groups is 1. The summed E-state index contributed by atoms with van der Waals surface area (Å²) < 4.78 is 2.07. The lowest BCUT2D eigenvalue weighted by molar-refractivity contribution is 0.315. The Balaban J connectivity index is 0.00000192. The fourth-order valence-electron chi connectivity index (χ4n) is 3.25. The van der Waals surface area contributed by atoms with Gasteiger partial charge in [0.05, 0.1) is 6.54 Å². The third-order valence-corrected chi connectivity index (χ3v) is 4.68. The van der Waals surface area contributed by atoms with Crippen molar-refractivity contribution in [2.45, 2.75) is 45.3 Å². The van der Waals surface area contributed by atoms with E-state index >= 15 is 0 Å². The molecule has 2 unspecified atom stereocenters. The molecule has 1 aromatic heterocycles. The van der Waals surface area contributed by atoms with Crippen LogP contribution in [0.25, 0.3) is 0 Å².